The van der Waals surface area contributed by atoms with Crippen LogP contribution >= 0.6 is 0 Å². The van der Waals surface area contributed by atoms with Crippen molar-refractivity contribution in [2.24, 2.45) is 5.92 Å². The highest BCUT2D eigenvalue weighted by Crippen LogP contribution is 2.32. The third-order valence-electron chi connectivity index (χ3n) is 2.56. The molecule has 3 heteroatoms. The predicted molar refractivity (Wildman–Crippen MR) is 55.1 cm³/mol. The topological polar surface area (TPSA) is 33.2 Å². The molecule has 0 aromatic carbocycles. The second-order valence-corrected chi connectivity index (χ2v) is 3.82. The zero-order valence-electron chi connectivity index (χ0n) is 8.53. The normalized spacial score (nSPS) is 15.3. The molecule has 0 radical (unpaired) electrons. The van der Waals surface area contributed by atoms with Crippen LogP contribution in [-0.2, 0) is 4.79 Å². The Morgan fingerprint density at radius 3 is 2.86 bits per heavy atom. The van der Waals surface area contributed by atoms with Crippen molar-refractivity contribution in [2.75, 3.05) is 11.9 Å². The summed E-state index contributed by atoms with van der Waals surface area (Å²) in [6.45, 7) is 1.97. The molecule has 1 aliphatic rings. The first-order valence-corrected chi connectivity index (χ1v) is 4.89. The van der Waals surface area contributed by atoms with Crippen LogP contribution in [0.2, 0.25) is 0 Å². The van der Waals surface area contributed by atoms with Crippen molar-refractivity contribution >= 4 is 11.7 Å². The van der Waals surface area contributed by atoms with E-state index in [2.05, 4.69) is 4.98 Å². The number of aromatic nitrogens is 1. The first kappa shape index (κ1) is 9.19. The second kappa shape index (κ2) is 3.40. The number of aryl methyl sites for hydroxylation is 1. The first-order chi connectivity index (χ1) is 6.70. The Balaban J connectivity index is 2.21. The summed E-state index contributed by atoms with van der Waals surface area (Å²) in [6.07, 6.45) is 3.79. The average Bonchev–Trinajstić information content (AvgIpc) is 3.00. The van der Waals surface area contributed by atoms with Crippen LogP contribution in [0, 0.1) is 12.8 Å². The Bertz CT molecular complexity index is 358. The van der Waals surface area contributed by atoms with Crippen molar-refractivity contribution in [3.63, 3.8) is 0 Å². The number of carbonyl (C=O) groups excluding carboxylic acids is 1. The molecule has 1 heterocycles. The van der Waals surface area contributed by atoms with E-state index in [1.165, 1.54) is 0 Å². The van der Waals surface area contributed by atoms with Gasteiger partial charge in [-0.25, -0.2) is 4.98 Å². The van der Waals surface area contributed by atoms with Gasteiger partial charge in [-0.2, -0.15) is 0 Å². The minimum Gasteiger partial charge on any atom is -0.300 e. The molecule has 0 aliphatic heterocycles. The lowest BCUT2D eigenvalue weighted by molar-refractivity contribution is -0.119. The Labute approximate surface area is 83.8 Å². The largest absolute Gasteiger partial charge is 0.300 e. The van der Waals surface area contributed by atoms with E-state index in [1.54, 1.807) is 18.1 Å². The number of hydrogen-bond donors (Lipinski definition) is 0. The van der Waals surface area contributed by atoms with Gasteiger partial charge in [-0.15, -0.1) is 0 Å². The van der Waals surface area contributed by atoms with Gasteiger partial charge in [-0.1, -0.05) is 6.07 Å². The van der Waals surface area contributed by atoms with Crippen molar-refractivity contribution in [1.29, 1.82) is 0 Å². The van der Waals surface area contributed by atoms with Gasteiger partial charge in [0.2, 0.25) is 5.91 Å². The lowest BCUT2D eigenvalue weighted by atomic mass is 10.2. The standard InChI is InChI=1S/C11H14N2O/c1-8-4-3-7-12-10(8)13(2)11(14)9-5-6-9/h3-4,7,9H,5-6H2,1-2H3. The number of rotatable bonds is 2. The number of anilines is 1. The van der Waals surface area contributed by atoms with Gasteiger partial charge in [0.1, 0.15) is 5.82 Å². The third-order valence-corrected chi connectivity index (χ3v) is 2.56. The van der Waals surface area contributed by atoms with Crippen LogP contribution in [0.5, 0.6) is 0 Å². The fraction of sp³-hybridized carbons (Fsp3) is 0.455. The average molecular weight is 190 g/mol. The summed E-state index contributed by atoms with van der Waals surface area (Å²) in [5, 5.41) is 0. The Morgan fingerprint density at radius 2 is 2.29 bits per heavy atom. The molecule has 1 amide bonds. The fourth-order valence-corrected chi connectivity index (χ4v) is 1.54. The van der Waals surface area contributed by atoms with E-state index in [-0.39, 0.29) is 11.8 Å². The molecule has 0 unspecified atom stereocenters. The van der Waals surface area contributed by atoms with E-state index >= 15 is 0 Å². The number of carbonyl (C=O) groups is 1. The molecule has 0 N–H and O–H groups in total. The van der Waals surface area contributed by atoms with E-state index in [4.69, 9.17) is 0 Å². The molecule has 3 nitrogen and oxygen atoms in total. The Hall–Kier alpha value is -1.38. The van der Waals surface area contributed by atoms with Gasteiger partial charge >= 0.3 is 0 Å². The maximum atomic E-state index is 11.7. The quantitative estimate of drug-likeness (QED) is 0.712. The van der Waals surface area contributed by atoms with E-state index in [0.717, 1.165) is 24.2 Å². The van der Waals surface area contributed by atoms with E-state index in [0.29, 0.717) is 0 Å². The Morgan fingerprint density at radius 1 is 1.57 bits per heavy atom. The van der Waals surface area contributed by atoms with Crippen molar-refractivity contribution in [3.05, 3.63) is 23.9 Å². The molecule has 0 saturated heterocycles. The van der Waals surface area contributed by atoms with Gasteiger partial charge in [0, 0.05) is 19.2 Å². The van der Waals surface area contributed by atoms with Gasteiger partial charge in [-0.3, -0.25) is 9.69 Å². The smallest absolute Gasteiger partial charge is 0.230 e. The molecular weight excluding hydrogens is 176 g/mol. The zero-order chi connectivity index (χ0) is 10.1. The molecule has 1 saturated carbocycles. The molecule has 2 rings (SSSR count). The molecule has 14 heavy (non-hydrogen) atoms. The summed E-state index contributed by atoms with van der Waals surface area (Å²) in [5.41, 5.74) is 1.05. The molecule has 1 aromatic rings. The molecule has 0 bridgehead atoms. The summed E-state index contributed by atoms with van der Waals surface area (Å²) in [6, 6.07) is 3.85. The molecule has 0 spiro atoms. The van der Waals surface area contributed by atoms with Crippen LogP contribution in [0.3, 0.4) is 0 Å². The summed E-state index contributed by atoms with van der Waals surface area (Å²) in [5.74, 6) is 1.23. The molecule has 0 atom stereocenters. The molecule has 1 aliphatic carbocycles. The maximum Gasteiger partial charge on any atom is 0.230 e. The minimum absolute atomic E-state index is 0.201. The highest BCUT2D eigenvalue weighted by atomic mass is 16.2. The lowest BCUT2D eigenvalue weighted by Gasteiger charge is -2.17. The number of hydrogen-bond acceptors (Lipinski definition) is 2. The fourth-order valence-electron chi connectivity index (χ4n) is 1.54. The zero-order valence-corrected chi connectivity index (χ0v) is 8.53. The van der Waals surface area contributed by atoms with Crippen LogP contribution < -0.4 is 4.90 Å². The van der Waals surface area contributed by atoms with Crippen LogP contribution in [0.25, 0.3) is 0 Å². The van der Waals surface area contributed by atoms with Gasteiger partial charge in [-0.05, 0) is 31.4 Å². The molecular formula is C11H14N2O. The Kier molecular flexibility index (Phi) is 2.23. The number of pyridine rings is 1. The van der Waals surface area contributed by atoms with Crippen LogP contribution in [-0.4, -0.2) is 17.9 Å². The lowest BCUT2D eigenvalue weighted by Crippen LogP contribution is -2.29. The summed E-state index contributed by atoms with van der Waals surface area (Å²) < 4.78 is 0. The third kappa shape index (κ3) is 1.62. The molecule has 1 aromatic heterocycles. The summed E-state index contributed by atoms with van der Waals surface area (Å²) in [4.78, 5) is 17.6. The first-order valence-electron chi connectivity index (χ1n) is 4.89. The van der Waals surface area contributed by atoms with Crippen molar-refractivity contribution in [2.45, 2.75) is 19.8 Å². The highest BCUT2D eigenvalue weighted by Gasteiger charge is 2.33. The maximum absolute atomic E-state index is 11.7. The molecule has 1 fully saturated rings. The van der Waals surface area contributed by atoms with Crippen molar-refractivity contribution in [3.8, 4) is 0 Å². The van der Waals surface area contributed by atoms with Crippen LogP contribution in [0.1, 0.15) is 18.4 Å². The van der Waals surface area contributed by atoms with Gasteiger partial charge in [0.25, 0.3) is 0 Å². The van der Waals surface area contributed by atoms with E-state index in [1.807, 2.05) is 19.1 Å². The van der Waals surface area contributed by atoms with Crippen molar-refractivity contribution in [1.82, 2.24) is 4.98 Å². The SMILES string of the molecule is Cc1cccnc1N(C)C(=O)C1CC1. The van der Waals surface area contributed by atoms with Crippen molar-refractivity contribution < 1.29 is 4.79 Å². The predicted octanol–water partition coefficient (Wildman–Crippen LogP) is 1.76. The number of amides is 1. The van der Waals surface area contributed by atoms with Crippen LogP contribution in [0.15, 0.2) is 18.3 Å². The summed E-state index contributed by atoms with van der Waals surface area (Å²) in [7, 11) is 1.80. The van der Waals surface area contributed by atoms with Crippen LogP contribution in [0.4, 0.5) is 5.82 Å². The second-order valence-electron chi connectivity index (χ2n) is 3.82. The summed E-state index contributed by atoms with van der Waals surface area (Å²) >= 11 is 0. The van der Waals surface area contributed by atoms with Gasteiger partial charge in [0.05, 0.1) is 0 Å². The van der Waals surface area contributed by atoms with E-state index < -0.39 is 0 Å². The highest BCUT2D eigenvalue weighted by molar-refractivity contribution is 5.95. The minimum atomic E-state index is 0.201. The monoisotopic (exact) mass is 190 g/mol. The van der Waals surface area contributed by atoms with Gasteiger partial charge in [0.15, 0.2) is 0 Å². The molecule has 74 valence electrons. The number of nitrogens with zero attached hydrogens (tertiary/aromatic N) is 2. The van der Waals surface area contributed by atoms with E-state index in [9.17, 15) is 4.79 Å². The van der Waals surface area contributed by atoms with Gasteiger partial charge < -0.3 is 0 Å².